The second-order valence-electron chi connectivity index (χ2n) is 20.1. The van der Waals surface area contributed by atoms with E-state index in [0.717, 1.165) is 147 Å². The first kappa shape index (κ1) is 56.4. The topological polar surface area (TPSA) is 111 Å². The molecule has 0 N–H and O–H groups in total. The third-order valence-electron chi connectivity index (χ3n) is 15.3. The number of benzene rings is 4. The summed E-state index contributed by atoms with van der Waals surface area (Å²) in [5.41, 5.74) is 7.64. The molecule has 0 spiro atoms. The number of hydrogen-bond donors (Lipinski definition) is 0. The zero-order valence-corrected chi connectivity index (χ0v) is 47.9. The molecule has 416 valence electrons. The van der Waals surface area contributed by atoms with Crippen LogP contribution in [-0.4, -0.2) is 77.1 Å². The average molecular weight is 1130 g/mol. The van der Waals surface area contributed by atoms with Gasteiger partial charge in [0.05, 0.1) is 23.5 Å². The summed E-state index contributed by atoms with van der Waals surface area (Å²) in [5, 5.41) is 0. The molecule has 0 saturated heterocycles. The summed E-state index contributed by atoms with van der Waals surface area (Å²) >= 11 is 26.0. The minimum absolute atomic E-state index is 0.174. The van der Waals surface area contributed by atoms with Crippen LogP contribution in [-0.2, 0) is 0 Å². The van der Waals surface area contributed by atoms with E-state index in [1.165, 1.54) is 0 Å². The van der Waals surface area contributed by atoms with Gasteiger partial charge in [0.15, 0.2) is 46.0 Å². The molecule has 4 aromatic rings. The van der Waals surface area contributed by atoms with Gasteiger partial charge in [-0.15, -0.1) is 46.4 Å². The summed E-state index contributed by atoms with van der Waals surface area (Å²) in [4.78, 5) is 0. The zero-order valence-electron chi connectivity index (χ0n) is 44.8. The maximum Gasteiger partial charge on any atom is 0.231 e. The lowest BCUT2D eigenvalue weighted by molar-refractivity contribution is 0.0833. The van der Waals surface area contributed by atoms with Gasteiger partial charge in [0.2, 0.25) is 50.2 Å². The molecule has 0 unspecified atom stereocenters. The largest absolute Gasteiger partial charge is 0.485 e. The molecule has 4 aliphatic heterocycles. The van der Waals surface area contributed by atoms with E-state index in [1.54, 1.807) is 0 Å². The highest BCUT2D eigenvalue weighted by atomic mass is 35.5. The van der Waals surface area contributed by atoms with Gasteiger partial charge in [-0.25, -0.2) is 0 Å². The highest BCUT2D eigenvalue weighted by Gasteiger charge is 2.43. The standard InChI is InChI=1S/C60H76Cl4O12/c1-5-9-13-17-37-41-29-43-38(18-14-10-6-2)45-31-47-40(20-16-12-8-4)48-32-46-39(19-15-11-7-3)44-30-42(37)50-58(66-26-22-62)52(44)72-35-74-54(46)60(68-28-24-64)56(48)76-36-75-55(47)59(67-27-23-63)53(45)73-34-71-51(43)57(65-25-21-61)49(41)69-33-70-50/h29-32,37-40H,5-28,33-36H2,1-4H3. The fourth-order valence-corrected chi connectivity index (χ4v) is 12.2. The van der Waals surface area contributed by atoms with E-state index in [9.17, 15) is 0 Å². The SMILES string of the molecule is CCCCCC1c2cc3c4c(OCCCl)c2OCOc2c1cc1c(c2OCCCl)OCOc2c(cc5c(c2OCCCl)OCOc2c(cc(c(c2OCCCl)OCO4)C3CCCCC)C5CCCCC)C1CCCCC. The van der Waals surface area contributed by atoms with Crippen LogP contribution in [0.2, 0.25) is 0 Å². The molecule has 0 amide bonds. The van der Waals surface area contributed by atoms with Gasteiger partial charge in [-0.3, -0.25) is 0 Å². The first-order chi connectivity index (χ1) is 37.5. The van der Waals surface area contributed by atoms with Crippen LogP contribution in [0.3, 0.4) is 0 Å². The second kappa shape index (κ2) is 27.5. The Bertz CT molecular complexity index is 2120. The van der Waals surface area contributed by atoms with Gasteiger partial charge in [0, 0.05) is 68.2 Å². The van der Waals surface area contributed by atoms with Crippen molar-refractivity contribution in [2.75, 3.05) is 77.1 Å². The molecule has 0 saturated carbocycles. The van der Waals surface area contributed by atoms with Gasteiger partial charge in [-0.2, -0.15) is 0 Å². The molecule has 0 radical (unpaired) electrons. The first-order valence-corrected chi connectivity index (χ1v) is 30.2. The molecule has 76 heavy (non-hydrogen) atoms. The monoisotopic (exact) mass is 1130 g/mol. The van der Waals surface area contributed by atoms with E-state index in [0.29, 0.717) is 69.0 Å². The predicted octanol–water partition coefficient (Wildman–Crippen LogP) is 16.2. The number of halogens is 4. The van der Waals surface area contributed by atoms with Crippen LogP contribution in [0.4, 0.5) is 0 Å². The molecule has 5 aliphatic rings. The molecule has 12 nitrogen and oxygen atoms in total. The van der Waals surface area contributed by atoms with E-state index in [4.69, 9.17) is 103 Å². The van der Waals surface area contributed by atoms with Crippen molar-refractivity contribution in [1.29, 1.82) is 0 Å². The Balaban J connectivity index is 1.50. The smallest absolute Gasteiger partial charge is 0.231 e. The Labute approximate surface area is 469 Å². The molecule has 16 heteroatoms. The Kier molecular flexibility index (Phi) is 20.4. The van der Waals surface area contributed by atoms with Crippen LogP contribution in [0.15, 0.2) is 24.3 Å². The van der Waals surface area contributed by atoms with Crippen molar-refractivity contribution in [3.8, 4) is 69.0 Å². The van der Waals surface area contributed by atoms with E-state index in [1.807, 2.05) is 0 Å². The van der Waals surface area contributed by atoms with Gasteiger partial charge in [0.1, 0.15) is 26.4 Å². The van der Waals surface area contributed by atoms with Gasteiger partial charge in [-0.05, 0) is 49.9 Å². The number of hydrogen-bond acceptors (Lipinski definition) is 12. The summed E-state index contributed by atoms with van der Waals surface area (Å²) in [5.74, 6) is 6.03. The Morgan fingerprint density at radius 3 is 0.658 bits per heavy atom. The van der Waals surface area contributed by atoms with Gasteiger partial charge >= 0.3 is 0 Å². The number of ether oxygens (including phenoxy) is 12. The molecular weight excluding hydrogens is 1050 g/mol. The van der Waals surface area contributed by atoms with Crippen molar-refractivity contribution < 1.29 is 56.8 Å². The molecule has 0 atom stereocenters. The highest BCUT2D eigenvalue weighted by molar-refractivity contribution is 6.18. The van der Waals surface area contributed by atoms with E-state index < -0.39 is 0 Å². The molecule has 1 aliphatic carbocycles. The van der Waals surface area contributed by atoms with Crippen molar-refractivity contribution in [2.45, 2.75) is 154 Å². The second-order valence-corrected chi connectivity index (χ2v) is 21.7. The normalized spacial score (nSPS) is 18.3. The van der Waals surface area contributed by atoms with Crippen molar-refractivity contribution in [2.24, 2.45) is 0 Å². The highest BCUT2D eigenvalue weighted by Crippen LogP contribution is 2.62. The van der Waals surface area contributed by atoms with Crippen LogP contribution in [0.1, 0.15) is 199 Å². The lowest BCUT2D eigenvalue weighted by atomic mass is 9.75. The van der Waals surface area contributed by atoms with Gasteiger partial charge < -0.3 is 56.8 Å². The number of rotatable bonds is 28. The summed E-state index contributed by atoms with van der Waals surface area (Å²) < 4.78 is 82.2. The van der Waals surface area contributed by atoms with Crippen LogP contribution in [0.25, 0.3) is 0 Å². The molecular formula is C60H76Cl4O12. The van der Waals surface area contributed by atoms with Crippen molar-refractivity contribution in [1.82, 2.24) is 0 Å². The minimum atomic E-state index is -0.289. The molecule has 4 heterocycles. The predicted molar refractivity (Wildman–Crippen MR) is 299 cm³/mol. The van der Waals surface area contributed by atoms with E-state index in [-0.39, 0.29) is 101 Å². The summed E-state index contributed by atoms with van der Waals surface area (Å²) in [6.07, 6.45) is 14.9. The third kappa shape index (κ3) is 11.7. The van der Waals surface area contributed by atoms with Crippen molar-refractivity contribution in [3.05, 3.63) is 68.8 Å². The van der Waals surface area contributed by atoms with Gasteiger partial charge in [-0.1, -0.05) is 105 Å². The number of unbranched alkanes of at least 4 members (excludes halogenated alkanes) is 8. The van der Waals surface area contributed by atoms with E-state index >= 15 is 0 Å². The molecule has 0 aromatic heterocycles. The Morgan fingerprint density at radius 1 is 0.316 bits per heavy atom. The zero-order chi connectivity index (χ0) is 53.0. The Hall–Kier alpha value is -4.36. The van der Waals surface area contributed by atoms with Gasteiger partial charge in [0.25, 0.3) is 0 Å². The van der Waals surface area contributed by atoms with Crippen LogP contribution >= 0.6 is 46.4 Å². The van der Waals surface area contributed by atoms with Crippen LogP contribution < -0.4 is 56.8 Å². The molecule has 0 fully saturated rings. The third-order valence-corrected chi connectivity index (χ3v) is 15.9. The molecule has 4 aromatic carbocycles. The summed E-state index contributed by atoms with van der Waals surface area (Å²) in [6, 6.07) is 9.27. The maximum absolute atomic E-state index is 6.87. The lowest BCUT2D eigenvalue weighted by Crippen LogP contribution is -2.24. The summed E-state index contributed by atoms with van der Waals surface area (Å²) in [7, 11) is 0. The van der Waals surface area contributed by atoms with E-state index in [2.05, 4.69) is 52.0 Å². The minimum Gasteiger partial charge on any atom is -0.485 e. The van der Waals surface area contributed by atoms with Crippen molar-refractivity contribution >= 4 is 46.4 Å². The van der Waals surface area contributed by atoms with Crippen LogP contribution in [0.5, 0.6) is 69.0 Å². The first-order valence-electron chi connectivity index (χ1n) is 28.1. The Morgan fingerprint density at radius 2 is 0.500 bits per heavy atom. The van der Waals surface area contributed by atoms with Crippen molar-refractivity contribution in [3.63, 3.8) is 0 Å². The average Bonchev–Trinajstić information content (AvgIpc) is 3.42. The lowest BCUT2D eigenvalue weighted by Gasteiger charge is -2.37. The fourth-order valence-electron chi connectivity index (χ4n) is 11.9. The fraction of sp³-hybridized carbons (Fsp3) is 0.600. The summed E-state index contributed by atoms with van der Waals surface area (Å²) in [6.45, 7) is 9.04. The molecule has 8 bridgehead atoms. The maximum atomic E-state index is 6.87. The molecule has 9 rings (SSSR count). The number of alkyl halides is 4. The van der Waals surface area contributed by atoms with Crippen LogP contribution in [0, 0.1) is 0 Å². The quantitative estimate of drug-likeness (QED) is 0.0399.